The first-order valence-electron chi connectivity index (χ1n) is 8.66. The fourth-order valence-electron chi connectivity index (χ4n) is 3.04. The lowest BCUT2D eigenvalue weighted by atomic mass is 10.2. The van der Waals surface area contributed by atoms with Crippen LogP contribution in [0.3, 0.4) is 0 Å². The first-order chi connectivity index (χ1) is 12.2. The number of amides is 2. The van der Waals surface area contributed by atoms with Gasteiger partial charge < -0.3 is 15.0 Å². The highest BCUT2D eigenvalue weighted by Crippen LogP contribution is 2.11. The van der Waals surface area contributed by atoms with Crippen LogP contribution in [0.25, 0.3) is 0 Å². The number of carbonyl (C=O) groups excluding carboxylic acids is 2. The van der Waals surface area contributed by atoms with Gasteiger partial charge in [0.15, 0.2) is 0 Å². The van der Waals surface area contributed by atoms with Crippen molar-refractivity contribution >= 4 is 11.8 Å². The number of morpholine rings is 1. The maximum absolute atomic E-state index is 12.1. The number of ether oxygens (including phenoxy) is 1. The van der Waals surface area contributed by atoms with Crippen LogP contribution in [0.5, 0.6) is 0 Å². The van der Waals surface area contributed by atoms with Crippen LogP contribution >= 0.6 is 0 Å². The van der Waals surface area contributed by atoms with Crippen molar-refractivity contribution < 1.29 is 14.3 Å². The molecule has 0 aromatic heterocycles. The van der Waals surface area contributed by atoms with Crippen LogP contribution in [0.2, 0.25) is 0 Å². The van der Waals surface area contributed by atoms with Crippen molar-refractivity contribution in [2.75, 3.05) is 45.9 Å². The minimum atomic E-state index is -0.336. The molecule has 2 aliphatic rings. The summed E-state index contributed by atoms with van der Waals surface area (Å²) in [5.41, 5.74) is 0.798. The Balaban J connectivity index is 1.44. The van der Waals surface area contributed by atoms with Gasteiger partial charge in [0.05, 0.1) is 19.3 Å². The van der Waals surface area contributed by atoms with Crippen LogP contribution in [0, 0.1) is 11.8 Å². The van der Waals surface area contributed by atoms with Crippen molar-refractivity contribution in [3.63, 3.8) is 0 Å². The SMILES string of the molecule is O=C(C#Cc1ccccc1)N[C@@H]1CC(=O)N(CCN2CCOCC2)C1. The number of nitrogens with one attached hydrogen (secondary N) is 1. The Kier molecular flexibility index (Phi) is 6.04. The first-order valence-corrected chi connectivity index (χ1v) is 8.66. The second-order valence-electron chi connectivity index (χ2n) is 6.28. The highest BCUT2D eigenvalue weighted by Gasteiger charge is 2.30. The number of carbonyl (C=O) groups is 2. The molecule has 2 aliphatic heterocycles. The summed E-state index contributed by atoms with van der Waals surface area (Å²) in [7, 11) is 0. The van der Waals surface area contributed by atoms with E-state index >= 15 is 0 Å². The Morgan fingerprint density at radius 1 is 1.20 bits per heavy atom. The second-order valence-corrected chi connectivity index (χ2v) is 6.28. The topological polar surface area (TPSA) is 61.9 Å². The van der Waals surface area contributed by atoms with Gasteiger partial charge in [-0.15, -0.1) is 0 Å². The summed E-state index contributed by atoms with van der Waals surface area (Å²) in [6, 6.07) is 9.21. The van der Waals surface area contributed by atoms with Gasteiger partial charge in [-0.1, -0.05) is 24.1 Å². The third kappa shape index (κ3) is 5.31. The molecule has 2 amide bonds. The van der Waals surface area contributed by atoms with Crippen molar-refractivity contribution in [3.05, 3.63) is 35.9 Å². The summed E-state index contributed by atoms with van der Waals surface area (Å²) >= 11 is 0. The fourth-order valence-corrected chi connectivity index (χ4v) is 3.04. The average molecular weight is 341 g/mol. The Morgan fingerprint density at radius 3 is 2.72 bits per heavy atom. The molecule has 2 heterocycles. The van der Waals surface area contributed by atoms with Gasteiger partial charge in [-0.3, -0.25) is 14.5 Å². The largest absolute Gasteiger partial charge is 0.379 e. The van der Waals surface area contributed by atoms with Crippen LogP contribution in [-0.2, 0) is 14.3 Å². The van der Waals surface area contributed by atoms with E-state index in [0.29, 0.717) is 19.5 Å². The predicted molar refractivity (Wildman–Crippen MR) is 93.7 cm³/mol. The Labute approximate surface area is 148 Å². The molecule has 2 saturated heterocycles. The molecule has 0 aliphatic carbocycles. The van der Waals surface area contributed by atoms with Crippen molar-refractivity contribution in [2.24, 2.45) is 0 Å². The Morgan fingerprint density at radius 2 is 1.96 bits per heavy atom. The zero-order valence-corrected chi connectivity index (χ0v) is 14.2. The molecule has 0 radical (unpaired) electrons. The van der Waals surface area contributed by atoms with Crippen LogP contribution < -0.4 is 5.32 Å². The molecule has 25 heavy (non-hydrogen) atoms. The van der Waals surface area contributed by atoms with Crippen molar-refractivity contribution in [3.8, 4) is 11.8 Å². The molecule has 0 unspecified atom stereocenters. The smallest absolute Gasteiger partial charge is 0.296 e. The Hall–Kier alpha value is -2.36. The van der Waals surface area contributed by atoms with Gasteiger partial charge in [0, 0.05) is 50.6 Å². The number of likely N-dealkylation sites (tertiary alicyclic amines) is 1. The highest BCUT2D eigenvalue weighted by atomic mass is 16.5. The zero-order chi connectivity index (χ0) is 17.5. The van der Waals surface area contributed by atoms with E-state index in [0.717, 1.165) is 38.4 Å². The lowest BCUT2D eigenvalue weighted by molar-refractivity contribution is -0.128. The molecular weight excluding hydrogens is 318 g/mol. The molecule has 0 saturated carbocycles. The summed E-state index contributed by atoms with van der Waals surface area (Å²) in [5.74, 6) is 5.17. The quantitative estimate of drug-likeness (QED) is 0.789. The van der Waals surface area contributed by atoms with Gasteiger partial charge >= 0.3 is 0 Å². The number of rotatable bonds is 4. The van der Waals surface area contributed by atoms with Crippen molar-refractivity contribution in [1.82, 2.24) is 15.1 Å². The third-order valence-corrected chi connectivity index (χ3v) is 4.43. The summed E-state index contributed by atoms with van der Waals surface area (Å²) in [6.07, 6.45) is 0.349. The third-order valence-electron chi connectivity index (χ3n) is 4.43. The van der Waals surface area contributed by atoms with Crippen molar-refractivity contribution in [1.29, 1.82) is 0 Å². The van der Waals surface area contributed by atoms with E-state index in [2.05, 4.69) is 22.1 Å². The zero-order valence-electron chi connectivity index (χ0n) is 14.2. The van der Waals surface area contributed by atoms with E-state index in [1.54, 1.807) is 0 Å². The summed E-state index contributed by atoms with van der Waals surface area (Å²) < 4.78 is 5.33. The molecule has 0 bridgehead atoms. The minimum absolute atomic E-state index is 0.0922. The lowest BCUT2D eigenvalue weighted by Crippen LogP contribution is -2.42. The molecule has 6 heteroatoms. The van der Waals surface area contributed by atoms with Gasteiger partial charge in [0.1, 0.15) is 0 Å². The van der Waals surface area contributed by atoms with Gasteiger partial charge in [0.25, 0.3) is 5.91 Å². The fraction of sp³-hybridized carbons (Fsp3) is 0.474. The van der Waals surface area contributed by atoms with E-state index in [4.69, 9.17) is 4.74 Å². The maximum atomic E-state index is 12.1. The summed E-state index contributed by atoms with van der Waals surface area (Å²) in [6.45, 7) is 5.44. The second kappa shape index (κ2) is 8.65. The summed E-state index contributed by atoms with van der Waals surface area (Å²) in [5, 5.41) is 2.84. The van der Waals surface area contributed by atoms with Gasteiger partial charge in [-0.2, -0.15) is 0 Å². The first kappa shape index (κ1) is 17.5. The molecule has 6 nitrogen and oxygen atoms in total. The molecule has 132 valence electrons. The van der Waals surface area contributed by atoms with Gasteiger partial charge in [-0.05, 0) is 12.1 Å². The minimum Gasteiger partial charge on any atom is -0.379 e. The molecule has 0 spiro atoms. The molecule has 2 fully saturated rings. The predicted octanol–water partition coefficient (Wildman–Crippen LogP) is 0.0874. The van der Waals surface area contributed by atoms with Gasteiger partial charge in [0.2, 0.25) is 5.91 Å². The monoisotopic (exact) mass is 341 g/mol. The maximum Gasteiger partial charge on any atom is 0.296 e. The van der Waals surface area contributed by atoms with Crippen LogP contribution in [-0.4, -0.2) is 73.6 Å². The van der Waals surface area contributed by atoms with Crippen LogP contribution in [0.4, 0.5) is 0 Å². The number of hydrogen-bond donors (Lipinski definition) is 1. The molecule has 1 N–H and O–H groups in total. The standard InChI is InChI=1S/C19H23N3O3/c23-18(7-6-16-4-2-1-3-5-16)20-17-14-19(24)22(15-17)9-8-21-10-12-25-13-11-21/h1-5,17H,8-15H2,(H,20,23)/t17-/m1/s1. The van der Waals surface area contributed by atoms with E-state index in [9.17, 15) is 9.59 Å². The van der Waals surface area contributed by atoms with E-state index in [-0.39, 0.29) is 17.9 Å². The van der Waals surface area contributed by atoms with Crippen LogP contribution in [0.15, 0.2) is 30.3 Å². The van der Waals surface area contributed by atoms with E-state index < -0.39 is 0 Å². The van der Waals surface area contributed by atoms with Gasteiger partial charge in [-0.25, -0.2) is 0 Å². The molecular formula is C19H23N3O3. The van der Waals surface area contributed by atoms with Crippen LogP contribution in [0.1, 0.15) is 12.0 Å². The number of nitrogens with zero attached hydrogens (tertiary/aromatic N) is 2. The Bertz CT molecular complexity index is 659. The highest BCUT2D eigenvalue weighted by molar-refractivity contribution is 5.95. The lowest BCUT2D eigenvalue weighted by Gasteiger charge is -2.28. The molecule has 1 aromatic rings. The molecule has 1 atom stereocenters. The van der Waals surface area contributed by atoms with E-state index in [1.165, 1.54) is 0 Å². The van der Waals surface area contributed by atoms with E-state index in [1.807, 2.05) is 35.2 Å². The number of hydrogen-bond acceptors (Lipinski definition) is 4. The van der Waals surface area contributed by atoms with Crippen molar-refractivity contribution in [2.45, 2.75) is 12.5 Å². The summed E-state index contributed by atoms with van der Waals surface area (Å²) in [4.78, 5) is 28.2. The number of benzene rings is 1. The normalized spacial score (nSPS) is 20.9. The average Bonchev–Trinajstić information content (AvgIpc) is 2.99. The molecule has 1 aromatic carbocycles. The molecule has 3 rings (SSSR count).